The minimum Gasteiger partial charge on any atom is -0.852 e. The SMILES string of the molecule is [K+].[O-]C1CCC1. The first-order valence-electron chi connectivity index (χ1n) is 2.05. The molecule has 0 aromatic heterocycles. The zero-order valence-corrected chi connectivity index (χ0v) is 7.23. The van der Waals surface area contributed by atoms with Crippen LogP contribution in [-0.4, -0.2) is 6.10 Å². The van der Waals surface area contributed by atoms with Gasteiger partial charge in [0, 0.05) is 0 Å². The van der Waals surface area contributed by atoms with E-state index in [1.807, 2.05) is 0 Å². The number of rotatable bonds is 0. The van der Waals surface area contributed by atoms with Crippen molar-refractivity contribution in [3.05, 3.63) is 0 Å². The Labute approximate surface area is 80.5 Å². The van der Waals surface area contributed by atoms with Gasteiger partial charge >= 0.3 is 51.4 Å². The van der Waals surface area contributed by atoms with Crippen molar-refractivity contribution in [2.75, 3.05) is 0 Å². The van der Waals surface area contributed by atoms with Crippen LogP contribution in [0.5, 0.6) is 0 Å². The minimum atomic E-state index is -0.185. The minimum absolute atomic E-state index is 0. The predicted octanol–water partition coefficient (Wildman–Crippen LogP) is -3.10. The fourth-order valence-electron chi connectivity index (χ4n) is 0.371. The van der Waals surface area contributed by atoms with Crippen molar-refractivity contribution in [1.29, 1.82) is 0 Å². The van der Waals surface area contributed by atoms with Crippen LogP contribution in [0.2, 0.25) is 0 Å². The van der Waals surface area contributed by atoms with Crippen molar-refractivity contribution in [3.63, 3.8) is 0 Å². The molecule has 0 spiro atoms. The molecule has 0 amide bonds. The van der Waals surface area contributed by atoms with Crippen LogP contribution in [0.25, 0.3) is 0 Å². The summed E-state index contributed by atoms with van der Waals surface area (Å²) in [7, 11) is 0. The van der Waals surface area contributed by atoms with Crippen molar-refractivity contribution >= 4 is 0 Å². The summed E-state index contributed by atoms with van der Waals surface area (Å²) >= 11 is 0. The van der Waals surface area contributed by atoms with Gasteiger partial charge in [-0.05, 0) is 0 Å². The average Bonchev–Trinajstić information content (AvgIpc) is 1.30. The Balaban J connectivity index is 0.000000250. The Kier molecular flexibility index (Phi) is 4.53. The van der Waals surface area contributed by atoms with Crippen LogP contribution in [0.3, 0.4) is 0 Å². The second-order valence-electron chi connectivity index (χ2n) is 1.55. The molecule has 6 heavy (non-hydrogen) atoms. The molecule has 30 valence electrons. The molecule has 0 atom stereocenters. The fourth-order valence-corrected chi connectivity index (χ4v) is 0.371. The summed E-state index contributed by atoms with van der Waals surface area (Å²) in [5.74, 6) is 0. The van der Waals surface area contributed by atoms with E-state index < -0.39 is 0 Å². The molecule has 1 fully saturated rings. The van der Waals surface area contributed by atoms with E-state index >= 15 is 0 Å². The van der Waals surface area contributed by atoms with Crippen LogP contribution < -0.4 is 56.5 Å². The topological polar surface area (TPSA) is 23.1 Å². The van der Waals surface area contributed by atoms with E-state index in [0.29, 0.717) is 0 Å². The smallest absolute Gasteiger partial charge is 0.852 e. The average molecular weight is 110 g/mol. The Hall–Kier alpha value is 1.60. The first-order chi connectivity index (χ1) is 2.39. The standard InChI is InChI=1S/C4H7O.K/c5-4-2-1-3-4;/h4H,1-3H2;/q-1;+1. The summed E-state index contributed by atoms with van der Waals surface area (Å²) in [5, 5.41) is 9.98. The molecule has 0 aromatic rings. The predicted molar refractivity (Wildman–Crippen MR) is 17.6 cm³/mol. The van der Waals surface area contributed by atoms with E-state index in [4.69, 9.17) is 0 Å². The zero-order chi connectivity index (χ0) is 3.70. The Morgan fingerprint density at radius 3 is 1.67 bits per heavy atom. The first kappa shape index (κ1) is 7.60. The summed E-state index contributed by atoms with van der Waals surface area (Å²) in [4.78, 5) is 0. The molecule has 0 bridgehead atoms. The largest absolute Gasteiger partial charge is 1.00 e. The van der Waals surface area contributed by atoms with Gasteiger partial charge in [0.25, 0.3) is 0 Å². The van der Waals surface area contributed by atoms with Gasteiger partial charge in [-0.1, -0.05) is 19.3 Å². The van der Waals surface area contributed by atoms with Gasteiger partial charge in [-0.15, -0.1) is 6.10 Å². The van der Waals surface area contributed by atoms with Crippen molar-refractivity contribution in [3.8, 4) is 0 Å². The molecular weight excluding hydrogens is 103 g/mol. The fraction of sp³-hybridized carbons (Fsp3) is 1.00. The molecule has 0 radical (unpaired) electrons. The quantitative estimate of drug-likeness (QED) is 0.303. The molecule has 0 unspecified atom stereocenters. The third kappa shape index (κ3) is 2.05. The van der Waals surface area contributed by atoms with Crippen molar-refractivity contribution < 1.29 is 56.5 Å². The van der Waals surface area contributed by atoms with Crippen molar-refractivity contribution in [1.82, 2.24) is 0 Å². The molecule has 0 aliphatic heterocycles. The number of hydrogen-bond acceptors (Lipinski definition) is 1. The van der Waals surface area contributed by atoms with Crippen LogP contribution in [0, 0.1) is 0 Å². The van der Waals surface area contributed by atoms with Crippen LogP contribution in [0.1, 0.15) is 19.3 Å². The van der Waals surface area contributed by atoms with Gasteiger partial charge in [-0.3, -0.25) is 0 Å². The summed E-state index contributed by atoms with van der Waals surface area (Å²) in [5.41, 5.74) is 0. The molecule has 2 heteroatoms. The van der Waals surface area contributed by atoms with Crippen LogP contribution in [0.15, 0.2) is 0 Å². The molecule has 1 aliphatic rings. The maximum atomic E-state index is 9.98. The van der Waals surface area contributed by atoms with Gasteiger partial charge in [-0.25, -0.2) is 0 Å². The van der Waals surface area contributed by atoms with Crippen LogP contribution in [-0.2, 0) is 0 Å². The molecule has 0 aromatic carbocycles. The molecule has 1 nitrogen and oxygen atoms in total. The normalized spacial score (nSPS) is 21.5. The monoisotopic (exact) mass is 110 g/mol. The van der Waals surface area contributed by atoms with Gasteiger partial charge in [-0.2, -0.15) is 0 Å². The third-order valence-corrected chi connectivity index (χ3v) is 1.05. The van der Waals surface area contributed by atoms with Gasteiger partial charge in [0.05, 0.1) is 0 Å². The zero-order valence-electron chi connectivity index (χ0n) is 4.11. The molecule has 1 rings (SSSR count). The Morgan fingerprint density at radius 2 is 1.67 bits per heavy atom. The second-order valence-corrected chi connectivity index (χ2v) is 1.55. The van der Waals surface area contributed by atoms with E-state index in [-0.39, 0.29) is 57.5 Å². The van der Waals surface area contributed by atoms with E-state index in [2.05, 4.69) is 0 Å². The molecular formula is C4H7KO. The maximum absolute atomic E-state index is 9.98. The van der Waals surface area contributed by atoms with Crippen LogP contribution >= 0.6 is 0 Å². The van der Waals surface area contributed by atoms with Crippen molar-refractivity contribution in [2.45, 2.75) is 25.4 Å². The van der Waals surface area contributed by atoms with E-state index in [1.54, 1.807) is 0 Å². The van der Waals surface area contributed by atoms with E-state index in [9.17, 15) is 5.11 Å². The van der Waals surface area contributed by atoms with Crippen LogP contribution in [0.4, 0.5) is 0 Å². The molecule has 0 heterocycles. The van der Waals surface area contributed by atoms with Gasteiger partial charge in [0.1, 0.15) is 0 Å². The summed E-state index contributed by atoms with van der Waals surface area (Å²) < 4.78 is 0. The van der Waals surface area contributed by atoms with Gasteiger partial charge < -0.3 is 5.11 Å². The van der Waals surface area contributed by atoms with Crippen molar-refractivity contribution in [2.24, 2.45) is 0 Å². The summed E-state index contributed by atoms with van der Waals surface area (Å²) in [6, 6.07) is 0. The molecule has 1 aliphatic carbocycles. The van der Waals surface area contributed by atoms with E-state index in [1.165, 1.54) is 6.42 Å². The molecule has 1 saturated carbocycles. The summed E-state index contributed by atoms with van der Waals surface area (Å²) in [6.07, 6.45) is 2.85. The molecule has 0 N–H and O–H groups in total. The Morgan fingerprint density at radius 1 is 1.33 bits per heavy atom. The van der Waals surface area contributed by atoms with E-state index in [0.717, 1.165) is 12.8 Å². The number of hydrogen-bond donors (Lipinski definition) is 0. The first-order valence-corrected chi connectivity index (χ1v) is 2.05. The van der Waals surface area contributed by atoms with Gasteiger partial charge in [0.2, 0.25) is 0 Å². The Bertz CT molecular complexity index is 34.5. The van der Waals surface area contributed by atoms with Gasteiger partial charge in [0.15, 0.2) is 0 Å². The summed E-state index contributed by atoms with van der Waals surface area (Å²) in [6.45, 7) is 0. The molecule has 0 saturated heterocycles. The maximum Gasteiger partial charge on any atom is 1.00 e. The second kappa shape index (κ2) is 3.58. The third-order valence-electron chi connectivity index (χ3n) is 1.05.